The summed E-state index contributed by atoms with van der Waals surface area (Å²) in [6.07, 6.45) is 2.03. The molecule has 1 aromatic rings. The highest BCUT2D eigenvalue weighted by molar-refractivity contribution is 6.30. The molecule has 3 rings (SSSR count). The molecular weight excluding hydrogens is 318 g/mol. The summed E-state index contributed by atoms with van der Waals surface area (Å²) in [4.78, 5) is 11.4. The van der Waals surface area contributed by atoms with E-state index >= 15 is 0 Å². The van der Waals surface area contributed by atoms with Crippen molar-refractivity contribution in [3.63, 3.8) is 0 Å². The van der Waals surface area contributed by atoms with Crippen molar-refractivity contribution in [2.45, 2.75) is 43.1 Å². The maximum absolute atomic E-state index is 11.4. The Morgan fingerprint density at radius 2 is 1.74 bits per heavy atom. The first-order valence-electron chi connectivity index (χ1n) is 7.76. The lowest BCUT2D eigenvalue weighted by molar-refractivity contribution is -0.197. The van der Waals surface area contributed by atoms with Crippen LogP contribution in [0.15, 0.2) is 41.6 Å². The van der Waals surface area contributed by atoms with E-state index in [1.807, 2.05) is 0 Å². The van der Waals surface area contributed by atoms with Gasteiger partial charge in [0.25, 0.3) is 0 Å². The molecule has 2 fully saturated rings. The van der Waals surface area contributed by atoms with Crippen LogP contribution >= 0.6 is 11.6 Å². The molecule has 0 bridgehead atoms. The Labute approximate surface area is 140 Å². The average Bonchev–Trinajstić information content (AvgIpc) is 3.02. The molecule has 1 saturated carbocycles. The Morgan fingerprint density at radius 1 is 1.17 bits per heavy atom. The number of hydrogen-bond donors (Lipinski definition) is 1. The van der Waals surface area contributed by atoms with Crippen LogP contribution in [0.25, 0.3) is 0 Å². The summed E-state index contributed by atoms with van der Waals surface area (Å²) in [5.74, 6) is -0.573. The third-order valence-electron chi connectivity index (χ3n) is 4.87. The van der Waals surface area contributed by atoms with Gasteiger partial charge in [-0.1, -0.05) is 35.5 Å². The fourth-order valence-electron chi connectivity index (χ4n) is 3.38. The van der Waals surface area contributed by atoms with Crippen LogP contribution in [0.2, 0.25) is 5.02 Å². The maximum Gasteiger partial charge on any atom is 0.168 e. The lowest BCUT2D eigenvalue weighted by Gasteiger charge is -2.42. The zero-order valence-electron chi connectivity index (χ0n) is 12.8. The zero-order valence-corrected chi connectivity index (χ0v) is 13.6. The van der Waals surface area contributed by atoms with Crippen molar-refractivity contribution >= 4 is 11.6 Å². The summed E-state index contributed by atoms with van der Waals surface area (Å²) >= 11 is 5.88. The van der Waals surface area contributed by atoms with Gasteiger partial charge in [-0.25, -0.2) is 0 Å². The number of benzene rings is 1. The SMILES string of the molecule is C=C(C(N=O)c1ccc(Cl)cc1)C1(O)CCC2(CC1)OCCO2. The van der Waals surface area contributed by atoms with Crippen molar-refractivity contribution in [1.82, 2.24) is 0 Å². The predicted molar refractivity (Wildman–Crippen MR) is 87.2 cm³/mol. The molecule has 1 atom stereocenters. The van der Waals surface area contributed by atoms with Gasteiger partial charge in [0.2, 0.25) is 0 Å². The van der Waals surface area contributed by atoms with Gasteiger partial charge in [0.1, 0.15) is 6.04 Å². The molecular formula is C17H20ClNO4. The Kier molecular flexibility index (Phi) is 4.56. The van der Waals surface area contributed by atoms with Gasteiger partial charge in [-0.15, -0.1) is 4.91 Å². The van der Waals surface area contributed by atoms with E-state index in [0.717, 1.165) is 0 Å². The van der Waals surface area contributed by atoms with Gasteiger partial charge in [0, 0.05) is 17.9 Å². The molecule has 1 aliphatic heterocycles. The number of halogens is 1. The summed E-state index contributed by atoms with van der Waals surface area (Å²) in [5, 5.41) is 14.7. The molecule has 1 unspecified atom stereocenters. The minimum Gasteiger partial charge on any atom is -0.385 e. The molecule has 1 aliphatic carbocycles. The Hall–Kier alpha value is -1.27. The molecule has 0 aromatic heterocycles. The van der Waals surface area contributed by atoms with Gasteiger partial charge in [-0.2, -0.15) is 0 Å². The molecule has 2 aliphatic rings. The molecule has 1 spiro atoms. The van der Waals surface area contributed by atoms with Crippen molar-refractivity contribution in [2.24, 2.45) is 5.18 Å². The average molecular weight is 338 g/mol. The summed E-state index contributed by atoms with van der Waals surface area (Å²) in [6.45, 7) is 5.15. The van der Waals surface area contributed by atoms with Crippen molar-refractivity contribution < 1.29 is 14.6 Å². The van der Waals surface area contributed by atoms with E-state index in [9.17, 15) is 10.0 Å². The fraction of sp³-hybridized carbons (Fsp3) is 0.529. The van der Waals surface area contributed by atoms with Gasteiger partial charge < -0.3 is 14.6 Å². The van der Waals surface area contributed by atoms with E-state index in [0.29, 0.717) is 55.1 Å². The van der Waals surface area contributed by atoms with Crippen molar-refractivity contribution in [3.8, 4) is 0 Å². The largest absolute Gasteiger partial charge is 0.385 e. The molecule has 23 heavy (non-hydrogen) atoms. The monoisotopic (exact) mass is 337 g/mol. The zero-order chi connectivity index (χ0) is 16.5. The van der Waals surface area contributed by atoms with Gasteiger partial charge >= 0.3 is 0 Å². The maximum atomic E-state index is 11.4. The molecule has 1 heterocycles. The highest BCUT2D eigenvalue weighted by Gasteiger charge is 2.48. The lowest BCUT2D eigenvalue weighted by atomic mass is 9.74. The van der Waals surface area contributed by atoms with Crippen molar-refractivity contribution in [2.75, 3.05) is 13.2 Å². The van der Waals surface area contributed by atoms with Crippen molar-refractivity contribution in [3.05, 3.63) is 51.9 Å². The molecule has 1 N–H and O–H groups in total. The minimum atomic E-state index is -1.14. The van der Waals surface area contributed by atoms with Crippen LogP contribution < -0.4 is 0 Å². The van der Waals surface area contributed by atoms with E-state index in [1.54, 1.807) is 24.3 Å². The Morgan fingerprint density at radius 3 is 2.26 bits per heavy atom. The number of hydrogen-bond acceptors (Lipinski definition) is 5. The van der Waals surface area contributed by atoms with E-state index in [4.69, 9.17) is 21.1 Å². The standard InChI is InChI=1S/C17H20ClNO4/c1-12(15(19-21)13-2-4-14(18)5-3-13)16(20)6-8-17(9-7-16)22-10-11-23-17/h2-5,15,20H,1,6-11H2. The number of nitroso groups, excluding NO2 is 1. The topological polar surface area (TPSA) is 68.1 Å². The quantitative estimate of drug-likeness (QED) is 0.671. The first-order valence-corrected chi connectivity index (χ1v) is 8.13. The van der Waals surface area contributed by atoms with Crippen molar-refractivity contribution in [1.29, 1.82) is 0 Å². The molecule has 0 radical (unpaired) electrons. The van der Waals surface area contributed by atoms with E-state index in [2.05, 4.69) is 11.8 Å². The second-order valence-corrected chi connectivity index (χ2v) is 6.66. The molecule has 1 aromatic carbocycles. The number of nitrogens with zero attached hydrogens (tertiary/aromatic N) is 1. The molecule has 1 saturated heterocycles. The van der Waals surface area contributed by atoms with Crippen LogP contribution in [0.4, 0.5) is 0 Å². The normalized spacial score (nSPS) is 23.6. The summed E-state index contributed by atoms with van der Waals surface area (Å²) in [6, 6.07) is 6.06. The van der Waals surface area contributed by atoms with Gasteiger partial charge in [0.15, 0.2) is 5.79 Å². The van der Waals surface area contributed by atoms with Crippen LogP contribution in [0, 0.1) is 4.91 Å². The minimum absolute atomic E-state index is 0.419. The van der Waals surface area contributed by atoms with E-state index in [-0.39, 0.29) is 0 Å². The number of aliphatic hydroxyl groups is 1. The summed E-state index contributed by atoms with van der Waals surface area (Å²) in [5.41, 5.74) is -0.0437. The third-order valence-corrected chi connectivity index (χ3v) is 5.12. The molecule has 0 amide bonds. The van der Waals surface area contributed by atoms with Crippen LogP contribution in [0.1, 0.15) is 37.3 Å². The number of ether oxygens (including phenoxy) is 2. The first kappa shape index (κ1) is 16.6. The van der Waals surface area contributed by atoms with Crippen LogP contribution in [-0.2, 0) is 9.47 Å². The molecule has 6 heteroatoms. The van der Waals surface area contributed by atoms with E-state index < -0.39 is 17.4 Å². The fourth-order valence-corrected chi connectivity index (χ4v) is 3.50. The Bertz CT molecular complexity index is 585. The smallest absolute Gasteiger partial charge is 0.168 e. The highest BCUT2D eigenvalue weighted by Crippen LogP contribution is 2.46. The van der Waals surface area contributed by atoms with Gasteiger partial charge in [-0.3, -0.25) is 0 Å². The molecule has 5 nitrogen and oxygen atoms in total. The van der Waals surface area contributed by atoms with Gasteiger partial charge in [-0.05, 0) is 36.1 Å². The first-order chi connectivity index (χ1) is 11.0. The highest BCUT2D eigenvalue weighted by atomic mass is 35.5. The number of rotatable bonds is 4. The summed E-state index contributed by atoms with van der Waals surface area (Å²) in [7, 11) is 0. The molecule has 124 valence electrons. The van der Waals surface area contributed by atoms with Crippen LogP contribution in [0.5, 0.6) is 0 Å². The second-order valence-electron chi connectivity index (χ2n) is 6.22. The third kappa shape index (κ3) is 3.19. The lowest BCUT2D eigenvalue weighted by Crippen LogP contribution is -2.45. The van der Waals surface area contributed by atoms with Gasteiger partial charge in [0.05, 0.1) is 18.8 Å². The summed E-state index contributed by atoms with van der Waals surface area (Å²) < 4.78 is 11.4. The Balaban J connectivity index is 1.75. The predicted octanol–water partition coefficient (Wildman–Crippen LogP) is 3.75. The van der Waals surface area contributed by atoms with Crippen LogP contribution in [-0.4, -0.2) is 29.7 Å². The van der Waals surface area contributed by atoms with E-state index in [1.165, 1.54) is 0 Å². The van der Waals surface area contributed by atoms with Crippen LogP contribution in [0.3, 0.4) is 0 Å². The second kappa shape index (κ2) is 6.32.